The molecule has 0 bridgehead atoms. The van der Waals surface area contributed by atoms with Crippen LogP contribution in [-0.2, 0) is 6.42 Å². The van der Waals surface area contributed by atoms with Gasteiger partial charge in [-0.25, -0.2) is 0 Å². The molecule has 10 atom stereocenters. The van der Waals surface area contributed by atoms with Crippen LogP contribution in [0.2, 0.25) is 0 Å². The molecule has 4 aliphatic carbocycles. The van der Waals surface area contributed by atoms with Gasteiger partial charge in [0.15, 0.2) is 0 Å². The van der Waals surface area contributed by atoms with Crippen LogP contribution in [0.5, 0.6) is 0 Å². The van der Waals surface area contributed by atoms with Gasteiger partial charge >= 0.3 is 0 Å². The van der Waals surface area contributed by atoms with Gasteiger partial charge in [-0.3, -0.25) is 0 Å². The molecule has 0 amide bonds. The van der Waals surface area contributed by atoms with Crippen LogP contribution in [-0.4, -0.2) is 11.2 Å². The molecule has 1 aromatic carbocycles. The van der Waals surface area contributed by atoms with Crippen molar-refractivity contribution >= 4 is 0 Å². The number of fused-ring (bicyclic) bond motifs is 5. The highest BCUT2D eigenvalue weighted by atomic mass is 16.3. The maximum absolute atomic E-state index is 11.2. The van der Waals surface area contributed by atoms with Crippen molar-refractivity contribution in [1.82, 2.24) is 0 Å². The number of hydrogen-bond donors (Lipinski definition) is 1. The summed E-state index contributed by atoms with van der Waals surface area (Å²) in [6.45, 7) is 15.0. The lowest BCUT2D eigenvalue weighted by Gasteiger charge is -2.63. The van der Waals surface area contributed by atoms with Gasteiger partial charge < -0.3 is 5.11 Å². The molecule has 1 aromatic rings. The fourth-order valence-electron chi connectivity index (χ4n) is 10.9. The molecule has 1 heteroatoms. The van der Waals surface area contributed by atoms with E-state index in [-0.39, 0.29) is 6.10 Å². The summed E-state index contributed by atoms with van der Waals surface area (Å²) in [4.78, 5) is 0. The number of aliphatic hydroxyl groups excluding tert-OH is 1. The molecule has 4 unspecified atom stereocenters. The highest BCUT2D eigenvalue weighted by molar-refractivity contribution is 5.23. The van der Waals surface area contributed by atoms with Gasteiger partial charge in [-0.1, -0.05) is 83.7 Å². The molecule has 1 nitrogen and oxygen atoms in total. The van der Waals surface area contributed by atoms with E-state index in [1.165, 1.54) is 75.3 Å². The maximum atomic E-state index is 11.2. The maximum Gasteiger partial charge on any atom is 0.0574 e. The van der Waals surface area contributed by atoms with Crippen molar-refractivity contribution in [2.45, 2.75) is 125 Å². The summed E-state index contributed by atoms with van der Waals surface area (Å²) in [5.74, 6) is 6.60. The molecule has 5 rings (SSSR count). The summed E-state index contributed by atoms with van der Waals surface area (Å²) in [5.41, 5.74) is 3.80. The van der Waals surface area contributed by atoms with Crippen molar-refractivity contribution in [1.29, 1.82) is 0 Å². The van der Waals surface area contributed by atoms with Gasteiger partial charge in [-0.2, -0.15) is 0 Å². The van der Waals surface area contributed by atoms with Gasteiger partial charge in [-0.05, 0) is 128 Å². The molecule has 36 heavy (non-hydrogen) atoms. The third-order valence-electron chi connectivity index (χ3n) is 12.7. The Labute approximate surface area is 223 Å². The molecule has 0 radical (unpaired) electrons. The normalized spacial score (nSPS) is 43.1. The van der Waals surface area contributed by atoms with E-state index in [1.807, 2.05) is 0 Å². The van der Waals surface area contributed by atoms with E-state index in [9.17, 15) is 5.11 Å². The summed E-state index contributed by atoms with van der Waals surface area (Å²) < 4.78 is 0. The number of aliphatic hydroxyl groups is 1. The second kappa shape index (κ2) is 10.4. The third-order valence-corrected chi connectivity index (χ3v) is 12.7. The third kappa shape index (κ3) is 4.74. The molecule has 0 aliphatic heterocycles. The molecule has 4 saturated carbocycles. The topological polar surface area (TPSA) is 20.2 Å². The van der Waals surface area contributed by atoms with Gasteiger partial charge in [0, 0.05) is 0 Å². The lowest BCUT2D eigenvalue weighted by Crippen LogP contribution is -2.57. The minimum absolute atomic E-state index is 0.114. The number of hydrogen-bond acceptors (Lipinski definition) is 1. The van der Waals surface area contributed by atoms with Crippen molar-refractivity contribution in [3.05, 3.63) is 35.4 Å². The summed E-state index contributed by atoms with van der Waals surface area (Å²) in [6, 6.07) is 9.06. The Hall–Kier alpha value is -0.820. The molecule has 4 aliphatic rings. The van der Waals surface area contributed by atoms with E-state index in [2.05, 4.69) is 65.8 Å². The van der Waals surface area contributed by atoms with Crippen molar-refractivity contribution in [3.63, 3.8) is 0 Å². The van der Waals surface area contributed by atoms with Crippen LogP contribution >= 0.6 is 0 Å². The molecule has 0 saturated heterocycles. The van der Waals surface area contributed by atoms with Crippen LogP contribution in [0.25, 0.3) is 0 Å². The standard InChI is InChI=1S/C35H56O/c1-23(2)9-7-11-25(4)29-15-16-30-27-13-14-31-28(22-26-12-8-10-24(3)21-26)33(36)18-20-35(31,6)32(27)17-19-34(29,30)5/h8,10,12,21,23,25,27-33,36H,7,9,11,13-20,22H2,1-6H3/t25-,27?,28+,29-,30?,31?,32?,33-,34-,35+/m1/s1. The van der Waals surface area contributed by atoms with Crippen molar-refractivity contribution in [3.8, 4) is 0 Å². The van der Waals surface area contributed by atoms with Crippen LogP contribution in [0.3, 0.4) is 0 Å². The van der Waals surface area contributed by atoms with Crippen molar-refractivity contribution in [2.24, 2.45) is 58.2 Å². The lowest BCUT2D eigenvalue weighted by molar-refractivity contribution is -0.152. The van der Waals surface area contributed by atoms with E-state index in [1.54, 1.807) is 0 Å². The van der Waals surface area contributed by atoms with Crippen molar-refractivity contribution in [2.75, 3.05) is 0 Å². The second-order valence-corrected chi connectivity index (χ2v) is 15.1. The number of rotatable bonds is 7. The summed E-state index contributed by atoms with van der Waals surface area (Å²) in [5, 5.41) is 11.2. The van der Waals surface area contributed by atoms with E-state index < -0.39 is 0 Å². The molecule has 4 fully saturated rings. The molecule has 0 heterocycles. The van der Waals surface area contributed by atoms with Gasteiger partial charge in [0.05, 0.1) is 6.10 Å². The van der Waals surface area contributed by atoms with Gasteiger partial charge in [-0.15, -0.1) is 0 Å². The fourth-order valence-corrected chi connectivity index (χ4v) is 10.9. The average Bonchev–Trinajstić information content (AvgIpc) is 3.18. The smallest absolute Gasteiger partial charge is 0.0574 e. The highest BCUT2D eigenvalue weighted by Gasteiger charge is 2.61. The molecule has 202 valence electrons. The van der Waals surface area contributed by atoms with Crippen LogP contribution < -0.4 is 0 Å². The number of aryl methyl sites for hydroxylation is 1. The Bertz CT molecular complexity index is 888. The molecular weight excluding hydrogens is 436 g/mol. The monoisotopic (exact) mass is 492 g/mol. The average molecular weight is 493 g/mol. The predicted octanol–water partition coefficient (Wildman–Crippen LogP) is 9.25. The first-order valence-corrected chi connectivity index (χ1v) is 15.9. The summed E-state index contributed by atoms with van der Waals surface area (Å²) in [6.07, 6.45) is 16.2. The largest absolute Gasteiger partial charge is 0.393 e. The molecule has 0 aromatic heterocycles. The van der Waals surface area contributed by atoms with Crippen LogP contribution in [0.1, 0.15) is 116 Å². The van der Waals surface area contributed by atoms with Gasteiger partial charge in [0.2, 0.25) is 0 Å². The predicted molar refractivity (Wildman–Crippen MR) is 153 cm³/mol. The minimum atomic E-state index is -0.114. The first-order chi connectivity index (χ1) is 17.1. The fraction of sp³-hybridized carbons (Fsp3) is 0.829. The lowest BCUT2D eigenvalue weighted by atomic mass is 9.42. The first-order valence-electron chi connectivity index (χ1n) is 15.9. The second-order valence-electron chi connectivity index (χ2n) is 15.1. The van der Waals surface area contributed by atoms with E-state index in [0.717, 1.165) is 48.3 Å². The SMILES string of the molecule is Cc1cccc(C[C@H]2C3CCC4C(CC[C@@]5(C)C4CC[C@@H]5[C@H](C)CCCC(C)C)[C@@]3(C)CC[C@H]2O)c1. The Balaban J connectivity index is 1.31. The quantitative estimate of drug-likeness (QED) is 0.402. The molecular formula is C35H56O. The summed E-state index contributed by atoms with van der Waals surface area (Å²) >= 11 is 0. The Kier molecular flexibility index (Phi) is 7.73. The highest BCUT2D eigenvalue weighted by Crippen LogP contribution is 2.69. The zero-order valence-corrected chi connectivity index (χ0v) is 24.4. The Morgan fingerprint density at radius 1 is 0.861 bits per heavy atom. The summed E-state index contributed by atoms with van der Waals surface area (Å²) in [7, 11) is 0. The van der Waals surface area contributed by atoms with Crippen LogP contribution in [0.15, 0.2) is 24.3 Å². The van der Waals surface area contributed by atoms with E-state index in [4.69, 9.17) is 0 Å². The first kappa shape index (κ1) is 26.8. The number of benzene rings is 1. The van der Waals surface area contributed by atoms with Crippen LogP contribution in [0.4, 0.5) is 0 Å². The Morgan fingerprint density at radius 2 is 1.58 bits per heavy atom. The zero-order chi connectivity index (χ0) is 25.7. The van der Waals surface area contributed by atoms with Crippen molar-refractivity contribution < 1.29 is 5.11 Å². The van der Waals surface area contributed by atoms with Gasteiger partial charge in [0.1, 0.15) is 0 Å². The van der Waals surface area contributed by atoms with Gasteiger partial charge in [0.25, 0.3) is 0 Å². The molecule has 1 N–H and O–H groups in total. The molecule has 0 spiro atoms. The Morgan fingerprint density at radius 3 is 2.33 bits per heavy atom. The van der Waals surface area contributed by atoms with Crippen LogP contribution in [0, 0.1) is 65.1 Å². The van der Waals surface area contributed by atoms with E-state index >= 15 is 0 Å². The zero-order valence-electron chi connectivity index (χ0n) is 24.4. The van der Waals surface area contributed by atoms with E-state index in [0.29, 0.717) is 22.7 Å². The minimum Gasteiger partial charge on any atom is -0.393 e.